The number of hydrogen-bond acceptors (Lipinski definition) is 2. The average Bonchev–Trinajstić information content (AvgIpc) is 2.40. The molecule has 0 saturated carbocycles. The normalized spacial score (nSPS) is 17.8. The second-order valence-corrected chi connectivity index (χ2v) is 5.33. The molecule has 0 bridgehead atoms. The van der Waals surface area contributed by atoms with Gasteiger partial charge in [-0.15, -0.1) is 12.4 Å². The average molecular weight is 287 g/mol. The van der Waals surface area contributed by atoms with Gasteiger partial charge in [-0.1, -0.05) is 12.1 Å². The maximum absolute atomic E-state index is 13.5. The molecule has 0 aromatic heterocycles. The molecule has 1 saturated heterocycles. The van der Waals surface area contributed by atoms with E-state index in [9.17, 15) is 4.39 Å². The molecular weight excluding hydrogens is 263 g/mol. The quantitative estimate of drug-likeness (QED) is 0.888. The van der Waals surface area contributed by atoms with E-state index < -0.39 is 0 Å². The van der Waals surface area contributed by atoms with Gasteiger partial charge in [0.15, 0.2) is 0 Å². The number of piperidine rings is 1. The second-order valence-electron chi connectivity index (χ2n) is 5.33. The fraction of sp³-hybridized carbons (Fsp3) is 0.600. The number of aryl methyl sites for hydroxylation is 1. The first kappa shape index (κ1) is 16.4. The van der Waals surface area contributed by atoms with Gasteiger partial charge in [-0.05, 0) is 69.4 Å². The molecule has 2 rings (SSSR count). The van der Waals surface area contributed by atoms with Crippen molar-refractivity contribution in [2.24, 2.45) is 5.92 Å². The molecule has 0 amide bonds. The van der Waals surface area contributed by atoms with Crippen molar-refractivity contribution < 1.29 is 4.39 Å². The van der Waals surface area contributed by atoms with Crippen LogP contribution in [0.15, 0.2) is 18.2 Å². The van der Waals surface area contributed by atoms with Gasteiger partial charge >= 0.3 is 0 Å². The standard InChI is InChI=1S/C15H23FN2.ClH/c1-11-3-4-14(9-15(11)16)12(2)18-10-13-5-7-17-8-6-13;/h3-4,9,12-13,17-18H,5-8,10H2,1-2H3;1H. The lowest BCUT2D eigenvalue weighted by atomic mass is 9.97. The molecule has 1 aliphatic rings. The zero-order chi connectivity index (χ0) is 13.0. The summed E-state index contributed by atoms with van der Waals surface area (Å²) in [6, 6.07) is 5.73. The molecule has 1 fully saturated rings. The summed E-state index contributed by atoms with van der Waals surface area (Å²) in [5, 5.41) is 6.89. The Hall–Kier alpha value is -0.640. The van der Waals surface area contributed by atoms with Crippen LogP contribution in [0.5, 0.6) is 0 Å². The maximum atomic E-state index is 13.5. The molecule has 2 N–H and O–H groups in total. The summed E-state index contributed by atoms with van der Waals surface area (Å²) >= 11 is 0. The van der Waals surface area contributed by atoms with Crippen molar-refractivity contribution in [2.45, 2.75) is 32.7 Å². The van der Waals surface area contributed by atoms with E-state index in [0.29, 0.717) is 5.56 Å². The van der Waals surface area contributed by atoms with Crippen LogP contribution in [-0.2, 0) is 0 Å². The number of rotatable bonds is 4. The van der Waals surface area contributed by atoms with Gasteiger partial charge in [-0.2, -0.15) is 0 Å². The Bertz CT molecular complexity index is 392. The number of benzene rings is 1. The number of halogens is 2. The van der Waals surface area contributed by atoms with Crippen molar-refractivity contribution in [1.82, 2.24) is 10.6 Å². The Labute approximate surface area is 121 Å². The molecule has 1 unspecified atom stereocenters. The van der Waals surface area contributed by atoms with Crippen molar-refractivity contribution >= 4 is 12.4 Å². The first-order valence-corrected chi connectivity index (χ1v) is 6.87. The predicted octanol–water partition coefficient (Wildman–Crippen LogP) is 3.21. The van der Waals surface area contributed by atoms with Crippen molar-refractivity contribution in [2.75, 3.05) is 19.6 Å². The summed E-state index contributed by atoms with van der Waals surface area (Å²) in [7, 11) is 0. The van der Waals surface area contributed by atoms with Gasteiger partial charge in [0.25, 0.3) is 0 Å². The lowest BCUT2D eigenvalue weighted by Crippen LogP contribution is -2.34. The topological polar surface area (TPSA) is 24.1 Å². The first-order valence-electron chi connectivity index (χ1n) is 6.87. The lowest BCUT2D eigenvalue weighted by molar-refractivity contribution is 0.345. The van der Waals surface area contributed by atoms with E-state index in [1.165, 1.54) is 12.8 Å². The van der Waals surface area contributed by atoms with Crippen LogP contribution in [0, 0.1) is 18.7 Å². The molecule has 1 heterocycles. The molecule has 0 radical (unpaired) electrons. The Morgan fingerprint density at radius 2 is 2.05 bits per heavy atom. The molecule has 1 aromatic carbocycles. The van der Waals surface area contributed by atoms with Crippen LogP contribution in [0.3, 0.4) is 0 Å². The summed E-state index contributed by atoms with van der Waals surface area (Å²) in [6.07, 6.45) is 2.48. The van der Waals surface area contributed by atoms with Crippen molar-refractivity contribution in [3.8, 4) is 0 Å². The predicted molar refractivity (Wildman–Crippen MR) is 80.4 cm³/mol. The molecule has 19 heavy (non-hydrogen) atoms. The minimum absolute atomic E-state index is 0. The molecule has 1 atom stereocenters. The van der Waals surface area contributed by atoms with E-state index in [-0.39, 0.29) is 24.3 Å². The molecule has 2 nitrogen and oxygen atoms in total. The Morgan fingerprint density at radius 3 is 2.68 bits per heavy atom. The summed E-state index contributed by atoms with van der Waals surface area (Å²) in [5.74, 6) is 0.645. The summed E-state index contributed by atoms with van der Waals surface area (Å²) in [6.45, 7) is 7.18. The highest BCUT2D eigenvalue weighted by Crippen LogP contribution is 2.18. The third-order valence-corrected chi connectivity index (χ3v) is 3.87. The summed E-state index contributed by atoms with van der Waals surface area (Å²) in [5.41, 5.74) is 1.75. The van der Waals surface area contributed by atoms with Crippen LogP contribution in [0.2, 0.25) is 0 Å². The van der Waals surface area contributed by atoms with Crippen molar-refractivity contribution in [3.05, 3.63) is 35.1 Å². The van der Waals surface area contributed by atoms with Gasteiger partial charge in [0, 0.05) is 6.04 Å². The van der Waals surface area contributed by atoms with E-state index in [1.54, 1.807) is 13.0 Å². The Balaban J connectivity index is 0.00000180. The van der Waals surface area contributed by atoms with Crippen molar-refractivity contribution in [3.63, 3.8) is 0 Å². The maximum Gasteiger partial charge on any atom is 0.126 e. The van der Waals surface area contributed by atoms with Crippen LogP contribution >= 0.6 is 12.4 Å². The number of nitrogens with one attached hydrogen (secondary N) is 2. The highest BCUT2D eigenvalue weighted by atomic mass is 35.5. The zero-order valence-electron chi connectivity index (χ0n) is 11.7. The van der Waals surface area contributed by atoms with Crippen molar-refractivity contribution in [1.29, 1.82) is 0 Å². The van der Waals surface area contributed by atoms with E-state index >= 15 is 0 Å². The van der Waals surface area contributed by atoms with E-state index in [2.05, 4.69) is 17.6 Å². The smallest absolute Gasteiger partial charge is 0.126 e. The van der Waals surface area contributed by atoms with Gasteiger partial charge in [0.1, 0.15) is 5.82 Å². The molecule has 1 aliphatic heterocycles. The van der Waals surface area contributed by atoms with Gasteiger partial charge in [-0.25, -0.2) is 4.39 Å². The minimum atomic E-state index is -0.108. The molecule has 0 aliphatic carbocycles. The van der Waals surface area contributed by atoms with Crippen LogP contribution in [-0.4, -0.2) is 19.6 Å². The molecule has 1 aromatic rings. The van der Waals surface area contributed by atoms with Gasteiger partial charge in [0.05, 0.1) is 0 Å². The van der Waals surface area contributed by atoms with Gasteiger partial charge in [0.2, 0.25) is 0 Å². The highest BCUT2D eigenvalue weighted by Gasteiger charge is 2.14. The first-order chi connectivity index (χ1) is 8.66. The van der Waals surface area contributed by atoms with Crippen LogP contribution in [0.25, 0.3) is 0 Å². The van der Waals surface area contributed by atoms with Gasteiger partial charge < -0.3 is 10.6 Å². The summed E-state index contributed by atoms with van der Waals surface area (Å²) in [4.78, 5) is 0. The van der Waals surface area contributed by atoms with Crippen LogP contribution in [0.4, 0.5) is 4.39 Å². The largest absolute Gasteiger partial charge is 0.317 e. The Morgan fingerprint density at radius 1 is 1.37 bits per heavy atom. The SMILES string of the molecule is Cc1ccc(C(C)NCC2CCNCC2)cc1F.Cl. The lowest BCUT2D eigenvalue weighted by Gasteiger charge is -2.25. The third-order valence-electron chi connectivity index (χ3n) is 3.87. The number of hydrogen-bond donors (Lipinski definition) is 2. The molecule has 4 heteroatoms. The zero-order valence-corrected chi connectivity index (χ0v) is 12.5. The fourth-order valence-corrected chi connectivity index (χ4v) is 2.43. The van der Waals surface area contributed by atoms with Crippen LogP contribution < -0.4 is 10.6 Å². The molecule has 108 valence electrons. The highest BCUT2D eigenvalue weighted by molar-refractivity contribution is 5.85. The van der Waals surface area contributed by atoms with E-state index in [0.717, 1.165) is 31.1 Å². The monoisotopic (exact) mass is 286 g/mol. The van der Waals surface area contributed by atoms with E-state index in [1.807, 2.05) is 12.1 Å². The summed E-state index contributed by atoms with van der Waals surface area (Å²) < 4.78 is 13.5. The minimum Gasteiger partial charge on any atom is -0.317 e. The second kappa shape index (κ2) is 7.83. The fourth-order valence-electron chi connectivity index (χ4n) is 2.43. The Kier molecular flexibility index (Phi) is 6.76. The molecular formula is C15H24ClFN2. The molecule has 0 spiro atoms. The van der Waals surface area contributed by atoms with Crippen LogP contribution in [0.1, 0.15) is 36.9 Å². The van der Waals surface area contributed by atoms with E-state index in [4.69, 9.17) is 0 Å². The van der Waals surface area contributed by atoms with Gasteiger partial charge in [-0.3, -0.25) is 0 Å². The third kappa shape index (κ3) is 4.75.